The van der Waals surface area contributed by atoms with Crippen molar-refractivity contribution >= 4 is 54.7 Å². The van der Waals surface area contributed by atoms with E-state index in [1.807, 2.05) is 13.8 Å². The number of rotatable bonds is 1. The Morgan fingerprint density at radius 2 is 0.885 bits per heavy atom. The molecule has 5 rings (SSSR count). The predicted octanol–water partition coefficient (Wildman–Crippen LogP) is 7.77. The van der Waals surface area contributed by atoms with E-state index in [1.165, 1.54) is 43.1 Å². The summed E-state index contributed by atoms with van der Waals surface area (Å²) in [7, 11) is 0. The Morgan fingerprint density at radius 3 is 1.35 bits per heavy atom. The van der Waals surface area contributed by atoms with Crippen LogP contribution >= 0.6 is 11.6 Å². The SMILES string of the molecule is CC(C)(Cl)c1ccc2cc3cc4cc5ccccc5cc4cc3cc2c1. The van der Waals surface area contributed by atoms with Crippen molar-refractivity contribution < 1.29 is 0 Å². The van der Waals surface area contributed by atoms with E-state index in [4.69, 9.17) is 11.6 Å². The summed E-state index contributed by atoms with van der Waals surface area (Å²) in [5.41, 5.74) is 1.15. The van der Waals surface area contributed by atoms with Gasteiger partial charge in [-0.15, -0.1) is 11.6 Å². The molecule has 126 valence electrons. The highest BCUT2D eigenvalue weighted by atomic mass is 35.5. The molecule has 0 amide bonds. The second-order valence-electron chi connectivity index (χ2n) is 7.63. The molecule has 0 radical (unpaired) electrons. The zero-order valence-corrected chi connectivity index (χ0v) is 15.6. The second-order valence-corrected chi connectivity index (χ2v) is 8.58. The van der Waals surface area contributed by atoms with Gasteiger partial charge >= 0.3 is 0 Å². The average Bonchev–Trinajstić information content (AvgIpc) is 2.61. The maximum atomic E-state index is 6.51. The predicted molar refractivity (Wildman–Crippen MR) is 115 cm³/mol. The third kappa shape index (κ3) is 2.53. The summed E-state index contributed by atoms with van der Waals surface area (Å²) in [6.07, 6.45) is 0. The van der Waals surface area contributed by atoms with E-state index in [2.05, 4.69) is 78.9 Å². The van der Waals surface area contributed by atoms with Crippen LogP contribution in [0.15, 0.2) is 78.9 Å². The first kappa shape index (κ1) is 15.7. The maximum Gasteiger partial charge on any atom is 0.0639 e. The van der Waals surface area contributed by atoms with Crippen LogP contribution in [0.1, 0.15) is 19.4 Å². The van der Waals surface area contributed by atoms with Gasteiger partial charge in [-0.05, 0) is 105 Å². The molecule has 0 saturated carbocycles. The van der Waals surface area contributed by atoms with Crippen molar-refractivity contribution in [2.24, 2.45) is 0 Å². The molecule has 0 nitrogen and oxygen atoms in total. The summed E-state index contributed by atoms with van der Waals surface area (Å²) in [4.78, 5) is -0.356. The number of halogens is 1. The van der Waals surface area contributed by atoms with Crippen LogP contribution in [0.4, 0.5) is 0 Å². The van der Waals surface area contributed by atoms with E-state index in [9.17, 15) is 0 Å². The van der Waals surface area contributed by atoms with Gasteiger partial charge in [-0.25, -0.2) is 0 Å². The minimum Gasteiger partial charge on any atom is -0.115 e. The van der Waals surface area contributed by atoms with E-state index in [0.717, 1.165) is 5.56 Å². The molecule has 0 N–H and O–H groups in total. The Kier molecular flexibility index (Phi) is 3.29. The number of hydrogen-bond acceptors (Lipinski definition) is 0. The summed E-state index contributed by atoms with van der Waals surface area (Å²) < 4.78 is 0. The molecular weight excluding hydrogens is 336 g/mol. The molecule has 0 bridgehead atoms. The van der Waals surface area contributed by atoms with Gasteiger partial charge in [0.25, 0.3) is 0 Å². The van der Waals surface area contributed by atoms with Crippen molar-refractivity contribution in [1.82, 2.24) is 0 Å². The zero-order valence-electron chi connectivity index (χ0n) is 14.9. The summed E-state index contributed by atoms with van der Waals surface area (Å²) in [6.45, 7) is 4.07. The van der Waals surface area contributed by atoms with Crippen molar-refractivity contribution in [3.8, 4) is 0 Å². The van der Waals surface area contributed by atoms with Gasteiger partial charge in [-0.1, -0.05) is 36.4 Å². The average molecular weight is 355 g/mol. The topological polar surface area (TPSA) is 0 Å². The maximum absolute atomic E-state index is 6.51. The van der Waals surface area contributed by atoms with Crippen LogP contribution in [-0.4, -0.2) is 0 Å². The summed E-state index contributed by atoms with van der Waals surface area (Å²) in [5.74, 6) is 0. The van der Waals surface area contributed by atoms with Gasteiger partial charge in [0.2, 0.25) is 0 Å². The lowest BCUT2D eigenvalue weighted by Crippen LogP contribution is -2.06. The Hall–Kier alpha value is -2.57. The fourth-order valence-electron chi connectivity index (χ4n) is 3.81. The van der Waals surface area contributed by atoms with Crippen molar-refractivity contribution in [2.75, 3.05) is 0 Å². The van der Waals surface area contributed by atoms with E-state index in [-0.39, 0.29) is 4.87 Å². The van der Waals surface area contributed by atoms with Gasteiger partial charge in [-0.2, -0.15) is 0 Å². The summed E-state index contributed by atoms with van der Waals surface area (Å²) >= 11 is 6.51. The Bertz CT molecular complexity index is 1310. The van der Waals surface area contributed by atoms with Crippen LogP contribution in [0.2, 0.25) is 0 Å². The molecule has 1 heteroatoms. The van der Waals surface area contributed by atoms with Gasteiger partial charge in [0.1, 0.15) is 0 Å². The molecular formula is C25H19Cl. The Balaban J connectivity index is 1.81. The van der Waals surface area contributed by atoms with Gasteiger partial charge in [0.05, 0.1) is 4.87 Å². The molecule has 0 aliphatic carbocycles. The summed E-state index contributed by atoms with van der Waals surface area (Å²) in [5, 5.41) is 10.2. The highest BCUT2D eigenvalue weighted by Crippen LogP contribution is 2.33. The van der Waals surface area contributed by atoms with Gasteiger partial charge in [0.15, 0.2) is 0 Å². The Labute approximate surface area is 158 Å². The summed E-state index contributed by atoms with van der Waals surface area (Å²) in [6, 6.07) is 28.8. The lowest BCUT2D eigenvalue weighted by atomic mass is 9.95. The number of hydrogen-bond donors (Lipinski definition) is 0. The van der Waals surface area contributed by atoms with Crippen molar-refractivity contribution in [1.29, 1.82) is 0 Å². The lowest BCUT2D eigenvalue weighted by molar-refractivity contribution is 0.767. The highest BCUT2D eigenvalue weighted by Gasteiger charge is 2.16. The van der Waals surface area contributed by atoms with Crippen molar-refractivity contribution in [3.05, 3.63) is 84.4 Å². The smallest absolute Gasteiger partial charge is 0.0639 e. The number of fused-ring (bicyclic) bond motifs is 4. The van der Waals surface area contributed by atoms with E-state index in [1.54, 1.807) is 0 Å². The first-order valence-electron chi connectivity index (χ1n) is 8.97. The normalized spacial score (nSPS) is 12.4. The molecule has 5 aromatic carbocycles. The quantitative estimate of drug-likeness (QED) is 0.213. The molecule has 0 fully saturated rings. The minimum atomic E-state index is -0.356. The molecule has 0 aliphatic rings. The fraction of sp³-hybridized carbons (Fsp3) is 0.120. The Morgan fingerprint density at radius 1 is 0.500 bits per heavy atom. The monoisotopic (exact) mass is 354 g/mol. The lowest BCUT2D eigenvalue weighted by Gasteiger charge is -2.17. The van der Waals surface area contributed by atoms with E-state index in [0.29, 0.717) is 0 Å². The van der Waals surface area contributed by atoms with Crippen LogP contribution < -0.4 is 0 Å². The van der Waals surface area contributed by atoms with Crippen LogP contribution in [0.5, 0.6) is 0 Å². The standard InChI is InChI=1S/C25H19Cl/c1-25(2,26)24-8-7-18-11-21-12-19-9-16-5-3-4-6-17(16)10-20(19)13-22(21)14-23(18)15-24/h3-15H,1-2H3. The van der Waals surface area contributed by atoms with Crippen LogP contribution in [0, 0.1) is 0 Å². The molecule has 0 heterocycles. The molecule has 0 spiro atoms. The third-order valence-electron chi connectivity index (χ3n) is 5.30. The molecule has 0 aromatic heterocycles. The van der Waals surface area contributed by atoms with Crippen molar-refractivity contribution in [3.63, 3.8) is 0 Å². The second kappa shape index (κ2) is 5.46. The minimum absolute atomic E-state index is 0.356. The number of benzene rings is 5. The van der Waals surface area contributed by atoms with Gasteiger partial charge in [0, 0.05) is 0 Å². The highest BCUT2D eigenvalue weighted by molar-refractivity contribution is 6.23. The first-order valence-corrected chi connectivity index (χ1v) is 9.35. The fourth-order valence-corrected chi connectivity index (χ4v) is 3.93. The third-order valence-corrected chi connectivity index (χ3v) is 5.52. The first-order chi connectivity index (χ1) is 12.5. The van der Waals surface area contributed by atoms with Crippen molar-refractivity contribution in [2.45, 2.75) is 18.7 Å². The molecule has 0 saturated heterocycles. The molecule has 26 heavy (non-hydrogen) atoms. The largest absolute Gasteiger partial charge is 0.115 e. The molecule has 0 aliphatic heterocycles. The number of alkyl halides is 1. The van der Waals surface area contributed by atoms with Crippen LogP contribution in [-0.2, 0) is 4.87 Å². The van der Waals surface area contributed by atoms with Gasteiger partial charge in [-0.3, -0.25) is 0 Å². The van der Waals surface area contributed by atoms with E-state index < -0.39 is 0 Å². The van der Waals surface area contributed by atoms with Crippen LogP contribution in [0.3, 0.4) is 0 Å². The molecule has 0 atom stereocenters. The zero-order chi connectivity index (χ0) is 17.9. The van der Waals surface area contributed by atoms with Gasteiger partial charge < -0.3 is 0 Å². The van der Waals surface area contributed by atoms with E-state index >= 15 is 0 Å². The molecule has 5 aromatic rings. The van der Waals surface area contributed by atoms with Crippen LogP contribution in [0.25, 0.3) is 43.1 Å². The molecule has 0 unspecified atom stereocenters.